The van der Waals surface area contributed by atoms with Crippen LogP contribution in [-0.2, 0) is 0 Å². The fourth-order valence-electron chi connectivity index (χ4n) is 3.73. The van der Waals surface area contributed by atoms with E-state index in [1.54, 1.807) is 0 Å². The van der Waals surface area contributed by atoms with Gasteiger partial charge in [-0.05, 0) is 44.9 Å². The van der Waals surface area contributed by atoms with Gasteiger partial charge in [0.1, 0.15) is 0 Å². The van der Waals surface area contributed by atoms with E-state index in [9.17, 15) is 0 Å². The highest BCUT2D eigenvalue weighted by Gasteiger charge is 2.34. The topological polar surface area (TPSA) is 15.3 Å². The van der Waals surface area contributed by atoms with Gasteiger partial charge in [0.25, 0.3) is 0 Å². The van der Waals surface area contributed by atoms with Gasteiger partial charge in [-0.3, -0.25) is 4.90 Å². The van der Waals surface area contributed by atoms with Crippen LogP contribution >= 0.6 is 0 Å². The Kier molecular flexibility index (Phi) is 4.71. The van der Waals surface area contributed by atoms with Crippen LogP contribution in [0, 0.1) is 11.8 Å². The molecule has 0 aromatic carbocycles. The third-order valence-electron chi connectivity index (χ3n) is 4.64. The van der Waals surface area contributed by atoms with Crippen molar-refractivity contribution in [2.45, 2.75) is 71.4 Å². The summed E-state index contributed by atoms with van der Waals surface area (Å²) < 4.78 is 0. The quantitative estimate of drug-likeness (QED) is 0.826. The third kappa shape index (κ3) is 3.96. The molecule has 0 amide bonds. The standard InChI is InChI=1S/C16H32N2/c1-13(2)9-15-10-17-16(3,4)12-18(15)11-14-7-5-6-8-14/h13-15,17H,5-12H2,1-4H3. The molecule has 1 unspecified atom stereocenters. The number of piperazine rings is 1. The zero-order valence-electron chi connectivity index (χ0n) is 12.8. The van der Waals surface area contributed by atoms with E-state index in [0.717, 1.165) is 17.9 Å². The third-order valence-corrected chi connectivity index (χ3v) is 4.64. The molecule has 1 aliphatic carbocycles. The Morgan fingerprint density at radius 1 is 1.22 bits per heavy atom. The molecule has 0 bridgehead atoms. The molecule has 1 saturated heterocycles. The van der Waals surface area contributed by atoms with E-state index >= 15 is 0 Å². The number of nitrogens with zero attached hydrogens (tertiary/aromatic N) is 1. The summed E-state index contributed by atoms with van der Waals surface area (Å²) in [5, 5.41) is 3.73. The maximum atomic E-state index is 3.73. The minimum absolute atomic E-state index is 0.298. The first-order valence-electron chi connectivity index (χ1n) is 7.95. The predicted octanol–water partition coefficient (Wildman–Crippen LogP) is 3.28. The number of hydrogen-bond donors (Lipinski definition) is 1. The lowest BCUT2D eigenvalue weighted by molar-refractivity contribution is 0.0685. The molecule has 0 spiro atoms. The molecule has 18 heavy (non-hydrogen) atoms. The van der Waals surface area contributed by atoms with Gasteiger partial charge in [-0.25, -0.2) is 0 Å². The molecule has 1 heterocycles. The van der Waals surface area contributed by atoms with Crippen LogP contribution in [0.1, 0.15) is 59.8 Å². The van der Waals surface area contributed by atoms with Crippen LogP contribution < -0.4 is 5.32 Å². The average molecular weight is 252 g/mol. The fraction of sp³-hybridized carbons (Fsp3) is 1.00. The Balaban J connectivity index is 1.94. The Bertz CT molecular complexity index is 254. The lowest BCUT2D eigenvalue weighted by Gasteiger charge is -2.46. The zero-order chi connectivity index (χ0) is 13.2. The highest BCUT2D eigenvalue weighted by Crippen LogP contribution is 2.28. The minimum atomic E-state index is 0.298. The first kappa shape index (κ1) is 14.3. The molecule has 2 fully saturated rings. The molecule has 106 valence electrons. The van der Waals surface area contributed by atoms with E-state index in [1.807, 2.05) is 0 Å². The van der Waals surface area contributed by atoms with Gasteiger partial charge in [-0.15, -0.1) is 0 Å². The maximum Gasteiger partial charge on any atom is 0.0252 e. The van der Waals surface area contributed by atoms with Crippen LogP contribution in [0.4, 0.5) is 0 Å². The van der Waals surface area contributed by atoms with Crippen LogP contribution in [-0.4, -0.2) is 36.1 Å². The number of hydrogen-bond acceptors (Lipinski definition) is 2. The Morgan fingerprint density at radius 3 is 2.50 bits per heavy atom. The number of rotatable bonds is 4. The van der Waals surface area contributed by atoms with Crippen LogP contribution in [0.15, 0.2) is 0 Å². The van der Waals surface area contributed by atoms with Crippen LogP contribution in [0.5, 0.6) is 0 Å². The van der Waals surface area contributed by atoms with Crippen molar-refractivity contribution in [3.05, 3.63) is 0 Å². The normalized spacial score (nSPS) is 30.2. The van der Waals surface area contributed by atoms with Crippen LogP contribution in [0.3, 0.4) is 0 Å². The zero-order valence-corrected chi connectivity index (χ0v) is 12.8. The molecule has 1 atom stereocenters. The van der Waals surface area contributed by atoms with Crippen LogP contribution in [0.2, 0.25) is 0 Å². The first-order valence-corrected chi connectivity index (χ1v) is 7.95. The molecular weight excluding hydrogens is 220 g/mol. The average Bonchev–Trinajstić information content (AvgIpc) is 2.74. The molecule has 0 aromatic heterocycles. The highest BCUT2D eigenvalue weighted by molar-refractivity contribution is 4.93. The summed E-state index contributed by atoms with van der Waals surface area (Å²) in [4.78, 5) is 2.80. The van der Waals surface area contributed by atoms with Crippen molar-refractivity contribution in [2.24, 2.45) is 11.8 Å². The number of nitrogens with one attached hydrogen (secondary N) is 1. The van der Waals surface area contributed by atoms with Gasteiger partial charge in [0, 0.05) is 31.2 Å². The molecule has 2 heteroatoms. The summed E-state index contributed by atoms with van der Waals surface area (Å²) in [6, 6.07) is 0.763. The van der Waals surface area contributed by atoms with Crippen molar-refractivity contribution in [2.75, 3.05) is 19.6 Å². The SMILES string of the molecule is CC(C)CC1CNC(C)(C)CN1CC1CCCC1. The monoisotopic (exact) mass is 252 g/mol. The smallest absolute Gasteiger partial charge is 0.0252 e. The van der Waals surface area contributed by atoms with Gasteiger partial charge in [0.2, 0.25) is 0 Å². The second kappa shape index (κ2) is 5.92. The maximum absolute atomic E-state index is 3.73. The molecule has 1 N–H and O–H groups in total. The molecular formula is C16H32N2. The summed E-state index contributed by atoms with van der Waals surface area (Å²) >= 11 is 0. The first-order chi connectivity index (χ1) is 8.46. The van der Waals surface area contributed by atoms with Gasteiger partial charge in [0.15, 0.2) is 0 Å². The molecule has 2 rings (SSSR count). The summed E-state index contributed by atoms with van der Waals surface area (Å²) in [5.74, 6) is 1.79. The van der Waals surface area contributed by atoms with E-state index in [-0.39, 0.29) is 0 Å². The van der Waals surface area contributed by atoms with Crippen LogP contribution in [0.25, 0.3) is 0 Å². The molecule has 0 radical (unpaired) electrons. The summed E-state index contributed by atoms with van der Waals surface area (Å²) in [7, 11) is 0. The predicted molar refractivity (Wildman–Crippen MR) is 78.9 cm³/mol. The Morgan fingerprint density at radius 2 is 1.89 bits per heavy atom. The summed E-state index contributed by atoms with van der Waals surface area (Å²) in [5.41, 5.74) is 0.298. The summed E-state index contributed by atoms with van der Waals surface area (Å²) in [6.07, 6.45) is 7.22. The van der Waals surface area contributed by atoms with Crippen molar-refractivity contribution in [3.8, 4) is 0 Å². The molecule has 2 aliphatic rings. The fourth-order valence-corrected chi connectivity index (χ4v) is 3.73. The second-order valence-corrected chi connectivity index (χ2v) is 7.63. The molecule has 1 saturated carbocycles. The van der Waals surface area contributed by atoms with Gasteiger partial charge < -0.3 is 5.32 Å². The van der Waals surface area contributed by atoms with Gasteiger partial charge in [0.05, 0.1) is 0 Å². The van der Waals surface area contributed by atoms with E-state index in [1.165, 1.54) is 51.7 Å². The van der Waals surface area contributed by atoms with Gasteiger partial charge in [-0.1, -0.05) is 26.7 Å². The van der Waals surface area contributed by atoms with E-state index in [4.69, 9.17) is 0 Å². The summed E-state index contributed by atoms with van der Waals surface area (Å²) in [6.45, 7) is 13.2. The van der Waals surface area contributed by atoms with Crippen molar-refractivity contribution in [3.63, 3.8) is 0 Å². The van der Waals surface area contributed by atoms with Crippen molar-refractivity contribution < 1.29 is 0 Å². The molecule has 2 nitrogen and oxygen atoms in total. The lowest BCUT2D eigenvalue weighted by atomic mass is 9.92. The molecule has 1 aliphatic heterocycles. The minimum Gasteiger partial charge on any atom is -0.309 e. The second-order valence-electron chi connectivity index (χ2n) is 7.63. The molecule has 0 aromatic rings. The Hall–Kier alpha value is -0.0800. The highest BCUT2D eigenvalue weighted by atomic mass is 15.2. The van der Waals surface area contributed by atoms with Crippen molar-refractivity contribution in [1.29, 1.82) is 0 Å². The lowest BCUT2D eigenvalue weighted by Crippen LogP contribution is -2.62. The van der Waals surface area contributed by atoms with E-state index in [0.29, 0.717) is 5.54 Å². The van der Waals surface area contributed by atoms with Crippen molar-refractivity contribution >= 4 is 0 Å². The van der Waals surface area contributed by atoms with Gasteiger partial charge in [-0.2, -0.15) is 0 Å². The van der Waals surface area contributed by atoms with Gasteiger partial charge >= 0.3 is 0 Å². The Labute approximate surface area is 114 Å². The van der Waals surface area contributed by atoms with Crippen molar-refractivity contribution in [1.82, 2.24) is 10.2 Å². The van der Waals surface area contributed by atoms with E-state index < -0.39 is 0 Å². The van der Waals surface area contributed by atoms with E-state index in [2.05, 4.69) is 37.9 Å². The largest absolute Gasteiger partial charge is 0.309 e.